The van der Waals surface area contributed by atoms with Gasteiger partial charge in [0.2, 0.25) is 0 Å². The zero-order valence-corrected chi connectivity index (χ0v) is 17.9. The van der Waals surface area contributed by atoms with E-state index in [0.29, 0.717) is 0 Å². The Morgan fingerprint density at radius 3 is 2.03 bits per heavy atom. The van der Waals surface area contributed by atoms with Gasteiger partial charge >= 0.3 is 0 Å². The third kappa shape index (κ3) is 4.52. The lowest BCUT2D eigenvalue weighted by Gasteiger charge is -2.33. The highest BCUT2D eigenvalue weighted by Gasteiger charge is 2.18. The lowest BCUT2D eigenvalue weighted by atomic mass is 10.0. The zero-order valence-electron chi connectivity index (χ0n) is 17.0. The molecule has 156 valence electrons. The summed E-state index contributed by atoms with van der Waals surface area (Å²) in [5.74, 6) is 0.593. The molecule has 5 nitrogen and oxygen atoms in total. The van der Waals surface area contributed by atoms with Crippen LogP contribution in [-0.4, -0.2) is 57.8 Å². The molecule has 7 heteroatoms. The molecule has 0 radical (unpaired) electrons. The van der Waals surface area contributed by atoms with Crippen molar-refractivity contribution in [2.45, 2.75) is 4.90 Å². The van der Waals surface area contributed by atoms with E-state index in [4.69, 9.17) is 4.98 Å². The maximum Gasteiger partial charge on any atom is 0.175 e. The summed E-state index contributed by atoms with van der Waals surface area (Å²) in [6, 6.07) is 17.2. The van der Waals surface area contributed by atoms with E-state index in [1.54, 1.807) is 36.4 Å². The number of rotatable bonds is 4. The first-order chi connectivity index (χ1) is 14.3. The van der Waals surface area contributed by atoms with Crippen LogP contribution in [0, 0.1) is 5.82 Å². The van der Waals surface area contributed by atoms with Crippen LogP contribution in [0.4, 0.5) is 10.2 Å². The summed E-state index contributed by atoms with van der Waals surface area (Å²) in [7, 11) is -1.15. The predicted octanol–water partition coefficient (Wildman–Crippen LogP) is 3.71. The molecule has 0 spiro atoms. The van der Waals surface area contributed by atoms with Gasteiger partial charge in [-0.15, -0.1) is 0 Å². The average Bonchev–Trinajstić information content (AvgIpc) is 2.74. The molecule has 2 heterocycles. The lowest BCUT2D eigenvalue weighted by Crippen LogP contribution is -2.44. The van der Waals surface area contributed by atoms with Crippen molar-refractivity contribution >= 4 is 15.7 Å². The van der Waals surface area contributed by atoms with Gasteiger partial charge in [-0.1, -0.05) is 24.3 Å². The number of benzene rings is 2. The number of halogens is 1. The molecule has 4 rings (SSSR count). The normalized spacial score (nSPS) is 15.4. The number of hydrogen-bond acceptors (Lipinski definition) is 5. The van der Waals surface area contributed by atoms with Crippen LogP contribution >= 0.6 is 0 Å². The van der Waals surface area contributed by atoms with E-state index < -0.39 is 9.84 Å². The van der Waals surface area contributed by atoms with E-state index in [-0.39, 0.29) is 10.7 Å². The smallest absolute Gasteiger partial charge is 0.175 e. The maximum atomic E-state index is 13.4. The summed E-state index contributed by atoms with van der Waals surface area (Å²) >= 11 is 0. The molecule has 30 heavy (non-hydrogen) atoms. The minimum Gasteiger partial charge on any atom is -0.354 e. The monoisotopic (exact) mass is 425 g/mol. The van der Waals surface area contributed by atoms with Gasteiger partial charge in [-0.05, 0) is 54.6 Å². The standard InChI is InChI=1S/C23H24FN3O2S/c1-26-11-13-27(14-12-26)23-16-19(17-3-7-20(24)8-4-17)15-22(25-23)18-5-9-21(10-6-18)30(2,28)29/h3-10,15-16H,11-14H2,1-2H3. The second-order valence-corrected chi connectivity index (χ2v) is 9.71. The summed E-state index contributed by atoms with van der Waals surface area (Å²) in [4.78, 5) is 9.68. The van der Waals surface area contributed by atoms with Gasteiger partial charge in [0.1, 0.15) is 11.6 Å². The molecule has 0 atom stereocenters. The number of anilines is 1. The fourth-order valence-electron chi connectivity index (χ4n) is 3.54. The largest absolute Gasteiger partial charge is 0.354 e. The van der Waals surface area contributed by atoms with E-state index in [1.165, 1.54) is 18.4 Å². The molecule has 0 aliphatic carbocycles. The van der Waals surface area contributed by atoms with Crippen LogP contribution in [0.2, 0.25) is 0 Å². The molecule has 0 saturated carbocycles. The number of sulfone groups is 1. The number of hydrogen-bond donors (Lipinski definition) is 0. The molecule has 1 fully saturated rings. The fourth-order valence-corrected chi connectivity index (χ4v) is 4.17. The molecule has 0 N–H and O–H groups in total. The van der Waals surface area contributed by atoms with Gasteiger partial charge in [0.05, 0.1) is 10.6 Å². The first-order valence-electron chi connectivity index (χ1n) is 9.82. The van der Waals surface area contributed by atoms with Crippen LogP contribution < -0.4 is 4.90 Å². The van der Waals surface area contributed by atoms with E-state index in [0.717, 1.165) is 54.4 Å². The molecule has 1 aliphatic rings. The highest BCUT2D eigenvalue weighted by molar-refractivity contribution is 7.90. The Morgan fingerprint density at radius 1 is 0.833 bits per heavy atom. The van der Waals surface area contributed by atoms with Gasteiger partial charge < -0.3 is 9.80 Å². The third-order valence-corrected chi connectivity index (χ3v) is 6.52. The molecule has 1 saturated heterocycles. The Bertz CT molecular complexity index is 1140. The molecule has 0 unspecified atom stereocenters. The summed E-state index contributed by atoms with van der Waals surface area (Å²) < 4.78 is 37.0. The van der Waals surface area contributed by atoms with Crippen LogP contribution in [0.1, 0.15) is 0 Å². The molecule has 3 aromatic rings. The predicted molar refractivity (Wildman–Crippen MR) is 118 cm³/mol. The SMILES string of the molecule is CN1CCN(c2cc(-c3ccc(F)cc3)cc(-c3ccc(S(C)(=O)=O)cc3)n2)CC1. The van der Waals surface area contributed by atoms with Gasteiger partial charge in [-0.2, -0.15) is 0 Å². The molecular formula is C23H24FN3O2S. The minimum atomic E-state index is -3.26. The highest BCUT2D eigenvalue weighted by Crippen LogP contribution is 2.30. The zero-order chi connectivity index (χ0) is 21.3. The van der Waals surface area contributed by atoms with Crippen molar-refractivity contribution in [1.29, 1.82) is 0 Å². The summed E-state index contributed by atoms with van der Waals surface area (Å²) in [6.45, 7) is 3.67. The maximum absolute atomic E-state index is 13.4. The minimum absolute atomic E-state index is 0.274. The fraction of sp³-hybridized carbons (Fsp3) is 0.261. The number of piperazine rings is 1. The van der Waals surface area contributed by atoms with E-state index in [9.17, 15) is 12.8 Å². The summed E-state index contributed by atoms with van der Waals surface area (Å²) in [5, 5.41) is 0. The van der Waals surface area contributed by atoms with Crippen LogP contribution in [0.15, 0.2) is 65.6 Å². The first kappa shape index (κ1) is 20.5. The molecule has 0 amide bonds. The summed E-state index contributed by atoms with van der Waals surface area (Å²) in [6.07, 6.45) is 1.20. The number of pyridine rings is 1. The van der Waals surface area contributed by atoms with Gasteiger partial charge in [0, 0.05) is 38.0 Å². The Kier molecular flexibility index (Phi) is 5.58. The van der Waals surface area contributed by atoms with E-state index >= 15 is 0 Å². The Balaban J connectivity index is 1.78. The van der Waals surface area contributed by atoms with Crippen LogP contribution in [0.5, 0.6) is 0 Å². The molecule has 1 aromatic heterocycles. The van der Waals surface area contributed by atoms with E-state index in [2.05, 4.69) is 16.8 Å². The quantitative estimate of drug-likeness (QED) is 0.638. The second-order valence-electron chi connectivity index (χ2n) is 7.69. The molecule has 0 bridgehead atoms. The Morgan fingerprint density at radius 2 is 1.43 bits per heavy atom. The number of aromatic nitrogens is 1. The van der Waals surface area contributed by atoms with Crippen molar-refractivity contribution in [2.75, 3.05) is 44.4 Å². The van der Waals surface area contributed by atoms with Crippen molar-refractivity contribution in [1.82, 2.24) is 9.88 Å². The highest BCUT2D eigenvalue weighted by atomic mass is 32.2. The van der Waals surface area contributed by atoms with Crippen molar-refractivity contribution in [3.63, 3.8) is 0 Å². The van der Waals surface area contributed by atoms with Gasteiger partial charge in [0.15, 0.2) is 9.84 Å². The summed E-state index contributed by atoms with van der Waals surface area (Å²) in [5.41, 5.74) is 3.44. The Labute approximate surface area is 176 Å². The van der Waals surface area contributed by atoms with Crippen molar-refractivity contribution in [2.24, 2.45) is 0 Å². The first-order valence-corrected chi connectivity index (χ1v) is 11.7. The molecule has 1 aliphatic heterocycles. The average molecular weight is 426 g/mol. The van der Waals surface area contributed by atoms with Crippen LogP contribution in [0.3, 0.4) is 0 Å². The number of nitrogens with zero attached hydrogens (tertiary/aromatic N) is 3. The van der Waals surface area contributed by atoms with Crippen molar-refractivity contribution < 1.29 is 12.8 Å². The topological polar surface area (TPSA) is 53.5 Å². The molecule has 2 aromatic carbocycles. The van der Waals surface area contributed by atoms with Gasteiger partial charge in [-0.3, -0.25) is 0 Å². The van der Waals surface area contributed by atoms with Crippen LogP contribution in [-0.2, 0) is 9.84 Å². The third-order valence-electron chi connectivity index (χ3n) is 5.39. The molecular weight excluding hydrogens is 401 g/mol. The van der Waals surface area contributed by atoms with Gasteiger partial charge in [-0.25, -0.2) is 17.8 Å². The van der Waals surface area contributed by atoms with E-state index in [1.807, 2.05) is 12.1 Å². The van der Waals surface area contributed by atoms with Crippen molar-refractivity contribution in [3.8, 4) is 22.4 Å². The number of likely N-dealkylation sites (N-methyl/N-ethyl adjacent to an activating group) is 1. The second kappa shape index (κ2) is 8.16. The van der Waals surface area contributed by atoms with Crippen LogP contribution in [0.25, 0.3) is 22.4 Å². The Hall–Kier alpha value is -2.77. The van der Waals surface area contributed by atoms with Crippen molar-refractivity contribution in [3.05, 3.63) is 66.5 Å². The lowest BCUT2D eigenvalue weighted by molar-refractivity contribution is 0.312. The van der Waals surface area contributed by atoms with Gasteiger partial charge in [0.25, 0.3) is 0 Å².